The summed E-state index contributed by atoms with van der Waals surface area (Å²) < 4.78 is 43.5. The van der Waals surface area contributed by atoms with Crippen LogP contribution in [0.1, 0.15) is 0 Å². The van der Waals surface area contributed by atoms with Crippen LogP contribution in [0.15, 0.2) is 18.2 Å². The number of anilines is 1. The predicted molar refractivity (Wildman–Crippen MR) is 50.8 cm³/mol. The summed E-state index contributed by atoms with van der Waals surface area (Å²) in [5, 5.41) is 0. The van der Waals surface area contributed by atoms with Gasteiger partial charge in [0.1, 0.15) is 13.2 Å². The Bertz CT molecular complexity index is 475. The number of rotatable bonds is 2. The van der Waals surface area contributed by atoms with Gasteiger partial charge in [0, 0.05) is 6.07 Å². The number of benzene rings is 1. The summed E-state index contributed by atoms with van der Waals surface area (Å²) >= 11 is 0. The van der Waals surface area contributed by atoms with E-state index >= 15 is 0 Å². The molecule has 0 bridgehead atoms. The molecule has 1 aliphatic heterocycles. The monoisotopic (exact) mass is 253 g/mol. The Morgan fingerprint density at radius 1 is 1.19 bits per heavy atom. The Morgan fingerprint density at radius 3 is 2.44 bits per heavy atom. The van der Waals surface area contributed by atoms with Crippen LogP contribution in [0.3, 0.4) is 0 Å². The van der Waals surface area contributed by atoms with Crippen LogP contribution in [0.5, 0.6) is 11.5 Å². The zero-order valence-corrected chi connectivity index (χ0v) is 11.4. The third-order valence-corrected chi connectivity index (χ3v) is 2.27. The van der Waals surface area contributed by atoms with Gasteiger partial charge in [-0.2, -0.15) is 0 Å². The predicted octanol–water partition coefficient (Wildman–Crippen LogP) is -2.67. The van der Waals surface area contributed by atoms with Crippen molar-refractivity contribution in [2.45, 2.75) is 0 Å². The van der Waals surface area contributed by atoms with E-state index in [0.29, 0.717) is 24.7 Å². The maximum atomic E-state index is 10.4. The summed E-state index contributed by atoms with van der Waals surface area (Å²) in [4.78, 5) is 0. The van der Waals surface area contributed by atoms with Crippen molar-refractivity contribution in [1.82, 2.24) is 0 Å². The summed E-state index contributed by atoms with van der Waals surface area (Å²) in [6.45, 7) is 0.861. The number of hydrogen-bond donors (Lipinski definition) is 1. The van der Waals surface area contributed by atoms with Crippen molar-refractivity contribution >= 4 is 16.0 Å². The second kappa shape index (κ2) is 5.24. The average Bonchev–Trinajstić information content (AvgIpc) is 2.15. The van der Waals surface area contributed by atoms with E-state index in [-0.39, 0.29) is 35.2 Å². The summed E-state index contributed by atoms with van der Waals surface area (Å²) in [5.41, 5.74) is 0.161. The Hall–Kier alpha value is -0.470. The topological polar surface area (TPSA) is 87.7 Å². The van der Waals surface area contributed by atoms with Crippen LogP contribution < -0.4 is 43.8 Å². The molecule has 0 unspecified atom stereocenters. The molecule has 0 aromatic heterocycles. The van der Waals surface area contributed by atoms with Gasteiger partial charge < -0.3 is 14.0 Å². The van der Waals surface area contributed by atoms with Gasteiger partial charge in [-0.05, 0) is 12.1 Å². The molecule has 0 spiro atoms. The first-order valence-electron chi connectivity index (χ1n) is 4.18. The van der Waals surface area contributed by atoms with Crippen LogP contribution in [0, 0.1) is 0 Å². The second-order valence-electron chi connectivity index (χ2n) is 2.91. The third-order valence-electron chi connectivity index (χ3n) is 1.79. The molecule has 0 radical (unpaired) electrons. The van der Waals surface area contributed by atoms with Crippen molar-refractivity contribution in [3.8, 4) is 11.5 Å². The van der Waals surface area contributed by atoms with Gasteiger partial charge in [-0.3, -0.25) is 4.72 Å². The van der Waals surface area contributed by atoms with Crippen LogP contribution in [0.2, 0.25) is 0 Å². The zero-order valence-electron chi connectivity index (χ0n) is 8.60. The number of fused-ring (bicyclic) bond motifs is 1. The van der Waals surface area contributed by atoms with Crippen LogP contribution in [0.4, 0.5) is 5.69 Å². The molecule has 0 aliphatic carbocycles. The van der Waals surface area contributed by atoms with E-state index in [1.807, 2.05) is 4.72 Å². The SMILES string of the molecule is O=S(=O)([O-])Nc1ccc2c(c1)OCCO2.[Na+]. The fourth-order valence-electron chi connectivity index (χ4n) is 1.25. The van der Waals surface area contributed by atoms with E-state index in [1.54, 1.807) is 6.07 Å². The van der Waals surface area contributed by atoms with E-state index in [9.17, 15) is 13.0 Å². The first kappa shape index (κ1) is 13.6. The van der Waals surface area contributed by atoms with Gasteiger partial charge in [-0.1, -0.05) is 0 Å². The molecule has 82 valence electrons. The maximum Gasteiger partial charge on any atom is 1.00 e. The number of hydrogen-bond acceptors (Lipinski definition) is 5. The Morgan fingerprint density at radius 2 is 1.81 bits per heavy atom. The molecule has 0 atom stereocenters. The molecule has 1 aliphatic rings. The van der Waals surface area contributed by atoms with Crippen LogP contribution in [-0.4, -0.2) is 26.2 Å². The van der Waals surface area contributed by atoms with Gasteiger partial charge in [0.2, 0.25) is 0 Å². The van der Waals surface area contributed by atoms with Crippen molar-refractivity contribution in [2.75, 3.05) is 17.9 Å². The molecule has 1 aromatic carbocycles. The van der Waals surface area contributed by atoms with Crippen molar-refractivity contribution in [1.29, 1.82) is 0 Å². The van der Waals surface area contributed by atoms with Gasteiger partial charge in [0.05, 0.1) is 5.69 Å². The Kier molecular flexibility index (Phi) is 4.45. The van der Waals surface area contributed by atoms with Crippen LogP contribution >= 0.6 is 0 Å². The molecule has 16 heavy (non-hydrogen) atoms. The molecular formula is C8H8NNaO5S. The summed E-state index contributed by atoms with van der Waals surface area (Å²) in [6.07, 6.45) is 0. The normalized spacial score (nSPS) is 13.8. The molecule has 1 N–H and O–H groups in total. The van der Waals surface area contributed by atoms with Crippen LogP contribution in [0.25, 0.3) is 0 Å². The third kappa shape index (κ3) is 3.53. The van der Waals surface area contributed by atoms with E-state index in [4.69, 9.17) is 9.47 Å². The van der Waals surface area contributed by atoms with Gasteiger partial charge >= 0.3 is 29.6 Å². The van der Waals surface area contributed by atoms with E-state index in [0.717, 1.165) is 0 Å². The van der Waals surface area contributed by atoms with Crippen LogP contribution in [-0.2, 0) is 10.3 Å². The molecule has 1 aromatic rings. The molecule has 8 heteroatoms. The Labute approximate surface area is 115 Å². The zero-order chi connectivity index (χ0) is 10.9. The minimum Gasteiger partial charge on any atom is -0.731 e. The van der Waals surface area contributed by atoms with Gasteiger partial charge in [0.15, 0.2) is 21.8 Å². The molecular weight excluding hydrogens is 245 g/mol. The molecule has 0 fully saturated rings. The molecule has 0 amide bonds. The standard InChI is InChI=1S/C8H9NO5S.Na/c10-15(11,12)9-6-1-2-7-8(5-6)14-4-3-13-7;/h1-2,5,9H,3-4H2,(H,10,11,12);/q;+1/p-1. The largest absolute Gasteiger partial charge is 1.00 e. The minimum atomic E-state index is -4.50. The molecule has 0 saturated heterocycles. The Balaban J connectivity index is 0.00000128. The van der Waals surface area contributed by atoms with E-state index < -0.39 is 10.3 Å². The quantitative estimate of drug-likeness (QED) is 0.459. The van der Waals surface area contributed by atoms with E-state index in [2.05, 4.69) is 0 Å². The van der Waals surface area contributed by atoms with Gasteiger partial charge in [0.25, 0.3) is 0 Å². The number of ether oxygens (including phenoxy) is 2. The summed E-state index contributed by atoms with van der Waals surface area (Å²) in [5.74, 6) is 0.963. The van der Waals surface area contributed by atoms with Crippen molar-refractivity contribution in [2.24, 2.45) is 0 Å². The van der Waals surface area contributed by atoms with Gasteiger partial charge in [-0.25, -0.2) is 8.42 Å². The maximum absolute atomic E-state index is 10.4. The molecule has 2 rings (SSSR count). The fourth-order valence-corrected chi connectivity index (χ4v) is 1.67. The van der Waals surface area contributed by atoms with Crippen molar-refractivity contribution < 1.29 is 52.0 Å². The summed E-state index contributed by atoms with van der Waals surface area (Å²) in [7, 11) is -4.50. The van der Waals surface area contributed by atoms with Crippen molar-refractivity contribution in [3.63, 3.8) is 0 Å². The molecule has 6 nitrogen and oxygen atoms in total. The van der Waals surface area contributed by atoms with E-state index in [1.165, 1.54) is 12.1 Å². The molecule has 1 heterocycles. The summed E-state index contributed by atoms with van der Waals surface area (Å²) in [6, 6.07) is 4.38. The fraction of sp³-hybridized carbons (Fsp3) is 0.250. The first-order valence-corrected chi connectivity index (χ1v) is 5.59. The first-order chi connectivity index (χ1) is 7.04. The van der Waals surface area contributed by atoms with Crippen molar-refractivity contribution in [3.05, 3.63) is 18.2 Å². The average molecular weight is 253 g/mol. The minimum absolute atomic E-state index is 0. The second-order valence-corrected chi connectivity index (χ2v) is 4.03. The van der Waals surface area contributed by atoms with Gasteiger partial charge in [-0.15, -0.1) is 0 Å². The smallest absolute Gasteiger partial charge is 0.731 e. The molecule has 0 saturated carbocycles. The number of nitrogens with one attached hydrogen (secondary N) is 1.